The van der Waals surface area contributed by atoms with Crippen molar-refractivity contribution in [1.29, 1.82) is 0 Å². The van der Waals surface area contributed by atoms with Crippen LogP contribution in [0, 0.1) is 0 Å². The van der Waals surface area contributed by atoms with E-state index in [4.69, 9.17) is 0 Å². The second kappa shape index (κ2) is 6.21. The van der Waals surface area contributed by atoms with Crippen molar-refractivity contribution in [3.8, 4) is 5.75 Å². The summed E-state index contributed by atoms with van der Waals surface area (Å²) < 4.78 is 0. The average molecular weight is 246 g/mol. The Morgan fingerprint density at radius 2 is 2.00 bits per heavy atom. The number of aromatic hydroxyl groups is 1. The molecule has 96 valence electrons. The molecule has 1 aromatic rings. The SMILES string of the molecule is O=C(Cc1ccccc1O)NCCN1CC=CC1. The van der Waals surface area contributed by atoms with Crippen LogP contribution in [0.4, 0.5) is 0 Å². The summed E-state index contributed by atoms with van der Waals surface area (Å²) in [6.07, 6.45) is 4.48. The zero-order chi connectivity index (χ0) is 12.8. The van der Waals surface area contributed by atoms with E-state index in [1.165, 1.54) is 0 Å². The predicted octanol–water partition coefficient (Wildman–Crippen LogP) is 0.923. The maximum Gasteiger partial charge on any atom is 0.224 e. The fourth-order valence-electron chi connectivity index (χ4n) is 1.95. The molecule has 4 heteroatoms. The van der Waals surface area contributed by atoms with E-state index < -0.39 is 0 Å². The van der Waals surface area contributed by atoms with Gasteiger partial charge in [-0.1, -0.05) is 30.4 Å². The monoisotopic (exact) mass is 246 g/mol. The van der Waals surface area contributed by atoms with Crippen LogP contribution in [0.25, 0.3) is 0 Å². The van der Waals surface area contributed by atoms with Crippen molar-refractivity contribution >= 4 is 5.91 Å². The lowest BCUT2D eigenvalue weighted by Gasteiger charge is -2.14. The first-order valence-corrected chi connectivity index (χ1v) is 6.16. The van der Waals surface area contributed by atoms with Gasteiger partial charge in [-0.3, -0.25) is 9.69 Å². The van der Waals surface area contributed by atoms with Crippen molar-refractivity contribution in [1.82, 2.24) is 10.2 Å². The van der Waals surface area contributed by atoms with Crippen LogP contribution in [-0.2, 0) is 11.2 Å². The van der Waals surface area contributed by atoms with Crippen LogP contribution in [0.1, 0.15) is 5.56 Å². The molecule has 0 radical (unpaired) electrons. The molecular weight excluding hydrogens is 228 g/mol. The molecular formula is C14H18N2O2. The van der Waals surface area contributed by atoms with E-state index in [9.17, 15) is 9.90 Å². The fourth-order valence-corrected chi connectivity index (χ4v) is 1.95. The number of carbonyl (C=O) groups excluding carboxylic acids is 1. The van der Waals surface area contributed by atoms with Crippen LogP contribution in [0.5, 0.6) is 5.75 Å². The molecule has 0 saturated carbocycles. The number of amides is 1. The third kappa shape index (κ3) is 3.60. The van der Waals surface area contributed by atoms with Gasteiger partial charge in [0, 0.05) is 31.7 Å². The van der Waals surface area contributed by atoms with Gasteiger partial charge in [0.1, 0.15) is 5.75 Å². The Labute approximate surface area is 107 Å². The molecule has 1 heterocycles. The Morgan fingerprint density at radius 3 is 2.72 bits per heavy atom. The van der Waals surface area contributed by atoms with Crippen molar-refractivity contribution in [2.75, 3.05) is 26.2 Å². The Balaban J connectivity index is 1.70. The molecule has 0 bridgehead atoms. The smallest absolute Gasteiger partial charge is 0.224 e. The highest BCUT2D eigenvalue weighted by molar-refractivity contribution is 5.79. The molecule has 1 aliphatic heterocycles. The minimum Gasteiger partial charge on any atom is -0.508 e. The lowest BCUT2D eigenvalue weighted by Crippen LogP contribution is -2.34. The molecule has 0 aromatic heterocycles. The number of para-hydroxylation sites is 1. The third-order valence-electron chi connectivity index (χ3n) is 2.99. The van der Waals surface area contributed by atoms with Crippen LogP contribution in [0.3, 0.4) is 0 Å². The number of nitrogens with zero attached hydrogens (tertiary/aromatic N) is 1. The third-order valence-corrected chi connectivity index (χ3v) is 2.99. The van der Waals surface area contributed by atoms with E-state index in [1.807, 2.05) is 6.07 Å². The Kier molecular flexibility index (Phi) is 4.36. The van der Waals surface area contributed by atoms with E-state index in [1.54, 1.807) is 18.2 Å². The van der Waals surface area contributed by atoms with Crippen LogP contribution in [0.2, 0.25) is 0 Å². The number of benzene rings is 1. The predicted molar refractivity (Wildman–Crippen MR) is 70.4 cm³/mol. The van der Waals surface area contributed by atoms with Gasteiger partial charge in [0.25, 0.3) is 0 Å². The Bertz CT molecular complexity index is 435. The molecule has 18 heavy (non-hydrogen) atoms. The molecule has 0 saturated heterocycles. The number of hydrogen-bond donors (Lipinski definition) is 2. The molecule has 2 rings (SSSR count). The summed E-state index contributed by atoms with van der Waals surface area (Å²) in [6.45, 7) is 3.44. The highest BCUT2D eigenvalue weighted by Crippen LogP contribution is 2.15. The van der Waals surface area contributed by atoms with E-state index in [2.05, 4.69) is 22.4 Å². The van der Waals surface area contributed by atoms with E-state index in [0.717, 1.165) is 19.6 Å². The molecule has 2 N–H and O–H groups in total. The van der Waals surface area contributed by atoms with Gasteiger partial charge < -0.3 is 10.4 Å². The molecule has 1 amide bonds. The van der Waals surface area contributed by atoms with Gasteiger partial charge in [-0.05, 0) is 6.07 Å². The standard InChI is InChI=1S/C14H18N2O2/c17-13-6-2-1-5-12(13)11-14(18)15-7-10-16-8-3-4-9-16/h1-6,17H,7-11H2,(H,15,18). The van der Waals surface area contributed by atoms with Gasteiger partial charge in [0.05, 0.1) is 6.42 Å². The van der Waals surface area contributed by atoms with Gasteiger partial charge >= 0.3 is 0 Å². The fraction of sp³-hybridized carbons (Fsp3) is 0.357. The van der Waals surface area contributed by atoms with Crippen molar-refractivity contribution < 1.29 is 9.90 Å². The zero-order valence-corrected chi connectivity index (χ0v) is 10.3. The molecule has 4 nitrogen and oxygen atoms in total. The van der Waals surface area contributed by atoms with Crippen LogP contribution in [-0.4, -0.2) is 42.1 Å². The van der Waals surface area contributed by atoms with Crippen LogP contribution in [0.15, 0.2) is 36.4 Å². The van der Waals surface area contributed by atoms with Crippen molar-refractivity contribution in [3.05, 3.63) is 42.0 Å². The van der Waals surface area contributed by atoms with Gasteiger partial charge in [-0.2, -0.15) is 0 Å². The zero-order valence-electron chi connectivity index (χ0n) is 10.3. The van der Waals surface area contributed by atoms with Crippen LogP contribution < -0.4 is 5.32 Å². The Hall–Kier alpha value is -1.81. The van der Waals surface area contributed by atoms with Crippen molar-refractivity contribution in [3.63, 3.8) is 0 Å². The average Bonchev–Trinajstić information content (AvgIpc) is 2.85. The van der Waals surface area contributed by atoms with Gasteiger partial charge in [-0.15, -0.1) is 0 Å². The Morgan fingerprint density at radius 1 is 1.28 bits per heavy atom. The first-order valence-electron chi connectivity index (χ1n) is 6.16. The van der Waals surface area contributed by atoms with Crippen molar-refractivity contribution in [2.45, 2.75) is 6.42 Å². The summed E-state index contributed by atoms with van der Waals surface area (Å²) in [4.78, 5) is 13.9. The molecule has 1 aliphatic rings. The van der Waals surface area contributed by atoms with E-state index >= 15 is 0 Å². The molecule has 0 atom stereocenters. The largest absolute Gasteiger partial charge is 0.508 e. The van der Waals surface area contributed by atoms with Gasteiger partial charge in [0.15, 0.2) is 0 Å². The molecule has 0 aliphatic carbocycles. The summed E-state index contributed by atoms with van der Waals surface area (Å²) in [5, 5.41) is 12.4. The number of carbonyl (C=O) groups is 1. The summed E-state index contributed by atoms with van der Waals surface area (Å²) in [7, 11) is 0. The minimum atomic E-state index is -0.0522. The van der Waals surface area contributed by atoms with E-state index in [0.29, 0.717) is 12.1 Å². The molecule has 0 unspecified atom stereocenters. The second-order valence-corrected chi connectivity index (χ2v) is 4.39. The number of nitrogens with one attached hydrogen (secondary N) is 1. The van der Waals surface area contributed by atoms with Gasteiger partial charge in [0.2, 0.25) is 5.91 Å². The summed E-state index contributed by atoms with van der Waals surface area (Å²) in [6, 6.07) is 6.92. The summed E-state index contributed by atoms with van der Waals surface area (Å²) in [5.41, 5.74) is 0.665. The quantitative estimate of drug-likeness (QED) is 0.760. The lowest BCUT2D eigenvalue weighted by molar-refractivity contribution is -0.120. The summed E-state index contributed by atoms with van der Waals surface area (Å²) >= 11 is 0. The van der Waals surface area contributed by atoms with E-state index in [-0.39, 0.29) is 18.1 Å². The molecule has 1 aromatic carbocycles. The number of rotatable bonds is 5. The molecule has 0 spiro atoms. The number of phenols is 1. The first kappa shape index (κ1) is 12.6. The van der Waals surface area contributed by atoms with Gasteiger partial charge in [-0.25, -0.2) is 0 Å². The summed E-state index contributed by atoms with van der Waals surface area (Å²) in [5.74, 6) is 0.125. The maximum atomic E-state index is 11.7. The first-order chi connectivity index (χ1) is 8.75. The number of hydrogen-bond acceptors (Lipinski definition) is 3. The lowest BCUT2D eigenvalue weighted by atomic mass is 10.1. The maximum absolute atomic E-state index is 11.7. The minimum absolute atomic E-state index is 0.0522. The van der Waals surface area contributed by atoms with Crippen molar-refractivity contribution in [2.24, 2.45) is 0 Å². The number of phenolic OH excluding ortho intramolecular Hbond substituents is 1. The highest BCUT2D eigenvalue weighted by Gasteiger charge is 2.08. The second-order valence-electron chi connectivity index (χ2n) is 4.39. The molecule has 0 fully saturated rings. The normalized spacial score (nSPS) is 14.9. The topological polar surface area (TPSA) is 52.6 Å². The highest BCUT2D eigenvalue weighted by atomic mass is 16.3. The van der Waals surface area contributed by atoms with Crippen LogP contribution >= 0.6 is 0 Å².